The number of anilines is 6. The van der Waals surface area contributed by atoms with Crippen molar-refractivity contribution in [3.05, 3.63) is 355 Å². The Bertz CT molecular complexity index is 6150. The van der Waals surface area contributed by atoms with Crippen molar-refractivity contribution in [2.45, 2.75) is 132 Å². The van der Waals surface area contributed by atoms with Crippen LogP contribution in [-0.4, -0.2) is 15.8 Å². The lowest BCUT2D eigenvalue weighted by atomic mass is 9.33. The quantitative estimate of drug-likeness (QED) is 0.120. The van der Waals surface area contributed by atoms with Gasteiger partial charge in [0.15, 0.2) is 0 Å². The van der Waals surface area contributed by atoms with E-state index in [0.29, 0.717) is 0 Å². The molecular formula is C111H101BN4. The van der Waals surface area contributed by atoms with E-state index in [1.807, 2.05) is 0 Å². The van der Waals surface area contributed by atoms with Crippen molar-refractivity contribution in [1.82, 2.24) is 9.13 Å². The van der Waals surface area contributed by atoms with Crippen LogP contribution in [0.15, 0.2) is 328 Å². The van der Waals surface area contributed by atoms with Gasteiger partial charge < -0.3 is 18.9 Å². The van der Waals surface area contributed by atoms with E-state index in [-0.39, 0.29) is 33.8 Å². The molecule has 2 aliphatic rings. The van der Waals surface area contributed by atoms with E-state index in [1.165, 1.54) is 144 Å². The molecule has 4 nitrogen and oxygen atoms in total. The fraction of sp³-hybridized carbons (Fsp3) is 0.189. The standard InChI is InChI=1S/C111H101BN4/c1-107(2,3)70-71-58-104-106-105(59-71)116(97-57-47-85(111(13,14)15)67-89(97)81-39-29-41-83(61-81)109(7,8)9)103-69-87(114-100-54-44-78(74-34-24-18-25-35-74)64-92(100)93-65-79(45-55-101(93)114)75-36-26-19-27-37-75)49-51-95(103)112(106)94-50-48-86(68-102(94)115(104)96-56-46-84(110(10,11)12)66-88(96)80-38-28-40-82(60-80)108(4,5)6)113-98-52-42-76(72-30-20-16-21-31-72)62-90(98)91-63-77(43-53-99(91)113)73-32-22-17-23-33-73/h16-69H,70H2,1-15H3. The van der Waals surface area contributed by atoms with Gasteiger partial charge >= 0.3 is 0 Å². The van der Waals surface area contributed by atoms with Gasteiger partial charge in [-0.1, -0.05) is 322 Å². The van der Waals surface area contributed by atoms with Gasteiger partial charge in [0.2, 0.25) is 0 Å². The molecule has 0 saturated carbocycles. The lowest BCUT2D eigenvalue weighted by Crippen LogP contribution is -2.61. The third kappa shape index (κ3) is 13.0. The molecule has 568 valence electrons. The number of aromatic nitrogens is 2. The molecular weight excluding hydrogens is 1400 g/mol. The maximum absolute atomic E-state index is 2.72. The van der Waals surface area contributed by atoms with Crippen LogP contribution >= 0.6 is 0 Å². The summed E-state index contributed by atoms with van der Waals surface area (Å²) in [5.41, 5.74) is 37.7. The van der Waals surface area contributed by atoms with Gasteiger partial charge in [0.1, 0.15) is 0 Å². The van der Waals surface area contributed by atoms with E-state index >= 15 is 0 Å². The lowest BCUT2D eigenvalue weighted by Gasteiger charge is -2.45. The van der Waals surface area contributed by atoms with Gasteiger partial charge in [0.05, 0.1) is 33.4 Å². The van der Waals surface area contributed by atoms with Gasteiger partial charge in [-0.05, 0) is 243 Å². The van der Waals surface area contributed by atoms with Crippen molar-refractivity contribution in [3.8, 4) is 78.1 Å². The van der Waals surface area contributed by atoms with Crippen LogP contribution in [0.5, 0.6) is 0 Å². The topological polar surface area (TPSA) is 16.3 Å². The predicted molar refractivity (Wildman–Crippen MR) is 500 cm³/mol. The van der Waals surface area contributed by atoms with Crippen molar-refractivity contribution < 1.29 is 0 Å². The van der Waals surface area contributed by atoms with E-state index in [9.17, 15) is 0 Å². The van der Waals surface area contributed by atoms with Crippen molar-refractivity contribution in [3.63, 3.8) is 0 Å². The molecule has 0 atom stereocenters. The van der Waals surface area contributed by atoms with Crippen LogP contribution < -0.4 is 26.2 Å². The highest BCUT2D eigenvalue weighted by Crippen LogP contribution is 2.53. The van der Waals surface area contributed by atoms with E-state index in [1.54, 1.807) is 0 Å². The normalized spacial score (nSPS) is 13.1. The molecule has 0 aliphatic carbocycles. The van der Waals surface area contributed by atoms with Crippen molar-refractivity contribution in [1.29, 1.82) is 0 Å². The van der Waals surface area contributed by atoms with Crippen LogP contribution in [0.1, 0.15) is 132 Å². The van der Waals surface area contributed by atoms with Gasteiger partial charge in [-0.15, -0.1) is 0 Å². The average molecular weight is 1500 g/mol. The molecule has 15 aromatic carbocycles. The van der Waals surface area contributed by atoms with Gasteiger partial charge in [-0.25, -0.2) is 0 Å². The Kier molecular flexibility index (Phi) is 17.6. The van der Waals surface area contributed by atoms with E-state index in [4.69, 9.17) is 0 Å². The zero-order valence-corrected chi connectivity index (χ0v) is 69.8. The summed E-state index contributed by atoms with van der Waals surface area (Å²) < 4.78 is 5.11. The third-order valence-corrected chi connectivity index (χ3v) is 24.6. The fourth-order valence-corrected chi connectivity index (χ4v) is 18.5. The Hall–Kier alpha value is -12.4. The van der Waals surface area contributed by atoms with Crippen molar-refractivity contribution in [2.24, 2.45) is 5.41 Å². The van der Waals surface area contributed by atoms with E-state index < -0.39 is 0 Å². The van der Waals surface area contributed by atoms with Crippen molar-refractivity contribution >= 4 is 101 Å². The van der Waals surface area contributed by atoms with Crippen LogP contribution in [0.2, 0.25) is 0 Å². The molecule has 5 heteroatoms. The average Bonchev–Trinajstić information content (AvgIpc) is 0.728. The molecule has 0 amide bonds. The van der Waals surface area contributed by atoms with Crippen molar-refractivity contribution in [2.75, 3.05) is 9.80 Å². The lowest BCUT2D eigenvalue weighted by molar-refractivity contribution is 0.411. The second kappa shape index (κ2) is 27.7. The minimum Gasteiger partial charge on any atom is -0.311 e. The zero-order chi connectivity index (χ0) is 80.1. The molecule has 2 aliphatic heterocycles. The molecule has 116 heavy (non-hydrogen) atoms. The summed E-state index contributed by atoms with van der Waals surface area (Å²) >= 11 is 0. The van der Waals surface area contributed by atoms with Crippen LogP contribution in [-0.2, 0) is 28.1 Å². The first kappa shape index (κ1) is 73.7. The molecule has 0 radical (unpaired) electrons. The maximum atomic E-state index is 2.72. The summed E-state index contributed by atoms with van der Waals surface area (Å²) in [4.78, 5) is 5.44. The molecule has 2 aromatic heterocycles. The fourth-order valence-electron chi connectivity index (χ4n) is 18.5. The molecule has 0 spiro atoms. The number of fused-ring (bicyclic) bond motifs is 10. The Morgan fingerprint density at radius 3 is 0.853 bits per heavy atom. The highest BCUT2D eigenvalue weighted by Gasteiger charge is 2.46. The summed E-state index contributed by atoms with van der Waals surface area (Å²) in [6.45, 7) is 35.2. The molecule has 0 unspecified atom stereocenters. The summed E-state index contributed by atoms with van der Waals surface area (Å²) in [5, 5.41) is 4.84. The number of hydrogen-bond donors (Lipinski definition) is 0. The summed E-state index contributed by atoms with van der Waals surface area (Å²) in [5.74, 6) is 0. The Labute approximate surface area is 686 Å². The molecule has 0 bridgehead atoms. The summed E-state index contributed by atoms with van der Waals surface area (Å²) in [6, 6.07) is 126. The highest BCUT2D eigenvalue weighted by molar-refractivity contribution is 7.00. The number of benzene rings is 15. The van der Waals surface area contributed by atoms with E-state index in [2.05, 4.69) is 450 Å². The van der Waals surface area contributed by atoms with Gasteiger partial charge in [-0.2, -0.15) is 0 Å². The Balaban J connectivity index is 0.940. The zero-order valence-electron chi connectivity index (χ0n) is 69.8. The molecule has 19 rings (SSSR count). The molecule has 0 saturated heterocycles. The largest absolute Gasteiger partial charge is 0.311 e. The number of nitrogens with zero attached hydrogens (tertiary/aromatic N) is 4. The van der Waals surface area contributed by atoms with Crippen LogP contribution in [0.3, 0.4) is 0 Å². The van der Waals surface area contributed by atoms with Gasteiger partial charge in [0, 0.05) is 66.8 Å². The highest BCUT2D eigenvalue weighted by atomic mass is 15.2. The van der Waals surface area contributed by atoms with Crippen LogP contribution in [0, 0.1) is 5.41 Å². The van der Waals surface area contributed by atoms with Gasteiger partial charge in [-0.3, -0.25) is 0 Å². The minimum absolute atomic E-state index is 0.0933. The van der Waals surface area contributed by atoms with Crippen LogP contribution in [0.25, 0.3) is 122 Å². The second-order valence-corrected chi connectivity index (χ2v) is 38.1. The Morgan fingerprint density at radius 1 is 0.233 bits per heavy atom. The molecule has 4 heterocycles. The minimum atomic E-state index is -0.229. The molecule has 0 fully saturated rings. The third-order valence-electron chi connectivity index (χ3n) is 24.6. The second-order valence-electron chi connectivity index (χ2n) is 38.1. The van der Waals surface area contributed by atoms with Gasteiger partial charge in [0.25, 0.3) is 6.71 Å². The maximum Gasteiger partial charge on any atom is 0.252 e. The Morgan fingerprint density at radius 2 is 0.543 bits per heavy atom. The summed E-state index contributed by atoms with van der Waals surface area (Å²) in [7, 11) is 0. The number of hydrogen-bond acceptors (Lipinski definition) is 2. The SMILES string of the molecule is CC(C)(C)Cc1cc2c3c(c1)N(c1ccc(C(C)(C)C)cc1-c1cccc(C(C)(C)C)c1)c1cc(-n4c5ccc(-c6ccccc6)cc5c5cc(-c6ccccc6)ccc54)ccc1B3c1ccc(-n3c4ccc(-c5ccccc5)cc4c4cc(-c5ccccc5)ccc43)cc1N2c1ccc(C(C)(C)C)cc1-c1cccc(C(C)(C)C)c1. The molecule has 0 N–H and O–H groups in total. The van der Waals surface area contributed by atoms with E-state index in [0.717, 1.165) is 62.6 Å². The first-order valence-corrected chi connectivity index (χ1v) is 41.6. The predicted octanol–water partition coefficient (Wildman–Crippen LogP) is 28.7. The smallest absolute Gasteiger partial charge is 0.252 e. The first-order chi connectivity index (χ1) is 55.6. The monoisotopic (exact) mass is 1500 g/mol. The number of rotatable bonds is 11. The first-order valence-electron chi connectivity index (χ1n) is 41.6. The summed E-state index contributed by atoms with van der Waals surface area (Å²) in [6.07, 6.45) is 0.834. The molecule has 17 aromatic rings. The van der Waals surface area contributed by atoms with Crippen LogP contribution in [0.4, 0.5) is 34.1 Å².